The van der Waals surface area contributed by atoms with Gasteiger partial charge < -0.3 is 4.74 Å². The topological polar surface area (TPSA) is 80.8 Å². The van der Waals surface area contributed by atoms with Gasteiger partial charge >= 0.3 is 5.97 Å². The standard InChI is InChI=1S/C29H22ClNO5/c1-3-36-28(35)19-14-16(12-13-22(19)30)31-26(33)24-23-17-8-4-6-10-20(17)29(15(2)32,25(24)27(31)34)21-11-7-5-9-18(21)23/h4-14,23-25H,3H2,1-2H3/t23?,24-,25-,29?/m0/s1. The SMILES string of the molecule is CCOC(=O)c1cc(N2C(=O)[C@@H]3[C@@H](C2=O)C2c4ccccc4C3(C(C)=O)c3ccccc32)ccc1Cl. The lowest BCUT2D eigenvalue weighted by molar-refractivity contribution is -0.132. The zero-order valence-corrected chi connectivity index (χ0v) is 20.4. The van der Waals surface area contributed by atoms with Crippen LogP contribution in [0.3, 0.4) is 0 Å². The summed E-state index contributed by atoms with van der Waals surface area (Å²) in [6.07, 6.45) is 0. The molecule has 2 bridgehead atoms. The lowest BCUT2D eigenvalue weighted by Gasteiger charge is -2.52. The maximum absolute atomic E-state index is 14.2. The number of carbonyl (C=O) groups is 4. The highest BCUT2D eigenvalue weighted by Crippen LogP contribution is 2.64. The van der Waals surface area contributed by atoms with Crippen molar-refractivity contribution < 1.29 is 23.9 Å². The van der Waals surface area contributed by atoms with Gasteiger partial charge in [0.05, 0.1) is 40.1 Å². The number of anilines is 1. The zero-order valence-electron chi connectivity index (χ0n) is 19.7. The second-order valence-corrected chi connectivity index (χ2v) is 9.82. The van der Waals surface area contributed by atoms with Gasteiger partial charge in [0.2, 0.25) is 11.8 Å². The van der Waals surface area contributed by atoms with E-state index in [0.717, 1.165) is 27.2 Å². The van der Waals surface area contributed by atoms with E-state index in [4.69, 9.17) is 16.3 Å². The summed E-state index contributed by atoms with van der Waals surface area (Å²) >= 11 is 6.24. The van der Waals surface area contributed by atoms with Crippen LogP contribution in [0, 0.1) is 11.8 Å². The van der Waals surface area contributed by atoms with Crippen LogP contribution < -0.4 is 4.90 Å². The molecule has 7 heteroatoms. The fourth-order valence-corrected chi connectivity index (χ4v) is 6.84. The number of esters is 1. The van der Waals surface area contributed by atoms with Crippen LogP contribution in [0.1, 0.15) is 52.4 Å². The van der Waals surface area contributed by atoms with Crippen LogP contribution in [-0.2, 0) is 24.5 Å². The maximum Gasteiger partial charge on any atom is 0.339 e. The number of Topliss-reactive ketones (excluding diaryl/α,β-unsaturated/α-hetero) is 1. The lowest BCUT2D eigenvalue weighted by atomic mass is 9.46. The Kier molecular flexibility index (Phi) is 4.96. The van der Waals surface area contributed by atoms with E-state index in [1.54, 1.807) is 13.0 Å². The Morgan fingerprint density at radius 1 is 0.944 bits per heavy atom. The van der Waals surface area contributed by atoms with Crippen molar-refractivity contribution in [2.45, 2.75) is 25.2 Å². The number of ether oxygens (including phenoxy) is 1. The van der Waals surface area contributed by atoms with Crippen LogP contribution in [-0.4, -0.2) is 30.2 Å². The fraction of sp³-hybridized carbons (Fsp3) is 0.241. The summed E-state index contributed by atoms with van der Waals surface area (Å²) in [5.74, 6) is -3.65. The van der Waals surface area contributed by atoms with Gasteiger partial charge in [0.1, 0.15) is 5.78 Å². The molecular formula is C29H22ClNO5. The molecule has 6 nitrogen and oxygen atoms in total. The Balaban J connectivity index is 1.58. The van der Waals surface area contributed by atoms with Gasteiger partial charge in [-0.3, -0.25) is 14.4 Å². The Hall–Kier alpha value is -3.77. The van der Waals surface area contributed by atoms with Crippen molar-refractivity contribution >= 4 is 40.9 Å². The second-order valence-electron chi connectivity index (χ2n) is 9.42. The summed E-state index contributed by atoms with van der Waals surface area (Å²) in [5, 5.41) is 0.161. The molecule has 4 aliphatic rings. The van der Waals surface area contributed by atoms with Gasteiger partial charge in [-0.05, 0) is 54.3 Å². The van der Waals surface area contributed by atoms with Gasteiger partial charge in [0.25, 0.3) is 0 Å². The highest BCUT2D eigenvalue weighted by atomic mass is 35.5. The number of hydrogen-bond acceptors (Lipinski definition) is 5. The van der Waals surface area contributed by atoms with Gasteiger partial charge in [0, 0.05) is 5.92 Å². The van der Waals surface area contributed by atoms with Gasteiger partial charge in [-0.25, -0.2) is 9.69 Å². The first-order chi connectivity index (χ1) is 17.3. The van der Waals surface area contributed by atoms with Crippen molar-refractivity contribution in [3.8, 4) is 0 Å². The number of ketones is 1. The predicted molar refractivity (Wildman–Crippen MR) is 133 cm³/mol. The van der Waals surface area contributed by atoms with E-state index < -0.39 is 29.1 Å². The van der Waals surface area contributed by atoms with E-state index in [9.17, 15) is 19.2 Å². The minimum Gasteiger partial charge on any atom is -0.462 e. The normalized spacial score (nSPS) is 25.3. The van der Waals surface area contributed by atoms with Crippen LogP contribution in [0.25, 0.3) is 0 Å². The molecule has 2 atom stereocenters. The van der Waals surface area contributed by atoms with Gasteiger partial charge in [-0.15, -0.1) is 0 Å². The molecule has 1 saturated heterocycles. The van der Waals surface area contributed by atoms with Crippen LogP contribution in [0.15, 0.2) is 66.7 Å². The summed E-state index contributed by atoms with van der Waals surface area (Å²) in [7, 11) is 0. The van der Waals surface area contributed by atoms with E-state index in [-0.39, 0.29) is 40.5 Å². The van der Waals surface area contributed by atoms with Gasteiger partial charge in [-0.2, -0.15) is 0 Å². The van der Waals surface area contributed by atoms with Crippen molar-refractivity contribution in [2.24, 2.45) is 11.8 Å². The largest absolute Gasteiger partial charge is 0.462 e. The molecule has 0 aromatic heterocycles. The number of benzene rings is 3. The first-order valence-electron chi connectivity index (χ1n) is 11.9. The van der Waals surface area contributed by atoms with Crippen LogP contribution in [0.2, 0.25) is 5.02 Å². The third-order valence-electron chi connectivity index (χ3n) is 7.88. The molecule has 1 aliphatic heterocycles. The first kappa shape index (κ1) is 22.7. The summed E-state index contributed by atoms with van der Waals surface area (Å²) in [5.41, 5.74) is 2.41. The number of nitrogens with zero attached hydrogens (tertiary/aromatic N) is 1. The van der Waals surface area contributed by atoms with Crippen molar-refractivity contribution in [1.82, 2.24) is 0 Å². The fourth-order valence-electron chi connectivity index (χ4n) is 6.64. The minimum atomic E-state index is -1.27. The molecule has 1 fully saturated rings. The molecule has 180 valence electrons. The molecule has 0 unspecified atom stereocenters. The Labute approximate surface area is 212 Å². The molecule has 7 rings (SSSR count). The monoisotopic (exact) mass is 499 g/mol. The van der Waals surface area contributed by atoms with Crippen LogP contribution in [0.4, 0.5) is 5.69 Å². The molecule has 3 aromatic carbocycles. The highest BCUT2D eigenvalue weighted by molar-refractivity contribution is 6.34. The summed E-state index contributed by atoms with van der Waals surface area (Å²) in [6, 6.07) is 19.7. The first-order valence-corrected chi connectivity index (χ1v) is 12.3. The molecule has 0 saturated carbocycles. The Bertz CT molecular complexity index is 1450. The van der Waals surface area contributed by atoms with Crippen molar-refractivity contribution in [2.75, 3.05) is 11.5 Å². The summed E-state index contributed by atoms with van der Waals surface area (Å²) in [4.78, 5) is 55.4. The number of halogens is 1. The van der Waals surface area contributed by atoms with Crippen LogP contribution >= 0.6 is 11.6 Å². The number of carbonyl (C=O) groups excluding carboxylic acids is 4. The minimum absolute atomic E-state index is 0.0716. The maximum atomic E-state index is 14.2. The zero-order chi connectivity index (χ0) is 25.4. The van der Waals surface area contributed by atoms with Crippen molar-refractivity contribution in [3.05, 3.63) is 99.6 Å². The molecule has 36 heavy (non-hydrogen) atoms. The second kappa shape index (κ2) is 7.87. The Morgan fingerprint density at radius 2 is 1.56 bits per heavy atom. The lowest BCUT2D eigenvalue weighted by Crippen LogP contribution is -2.57. The molecule has 1 heterocycles. The highest BCUT2D eigenvalue weighted by Gasteiger charge is 2.70. The smallest absolute Gasteiger partial charge is 0.339 e. The third-order valence-corrected chi connectivity index (χ3v) is 8.21. The number of amides is 2. The molecular weight excluding hydrogens is 478 g/mol. The Morgan fingerprint density at radius 3 is 2.14 bits per heavy atom. The van der Waals surface area contributed by atoms with E-state index in [1.807, 2.05) is 48.5 Å². The van der Waals surface area contributed by atoms with E-state index >= 15 is 0 Å². The van der Waals surface area contributed by atoms with Gasteiger partial charge in [0.15, 0.2) is 0 Å². The predicted octanol–water partition coefficient (Wildman–Crippen LogP) is 4.66. The quantitative estimate of drug-likeness (QED) is 0.385. The molecule has 0 spiro atoms. The molecule has 0 N–H and O–H groups in total. The van der Waals surface area contributed by atoms with Gasteiger partial charge in [-0.1, -0.05) is 60.1 Å². The molecule has 0 radical (unpaired) electrons. The third kappa shape index (κ3) is 2.68. The molecule has 2 amide bonds. The van der Waals surface area contributed by atoms with E-state index in [1.165, 1.54) is 19.1 Å². The van der Waals surface area contributed by atoms with Crippen molar-refractivity contribution in [3.63, 3.8) is 0 Å². The number of imide groups is 1. The number of rotatable bonds is 4. The average Bonchev–Trinajstić information content (AvgIpc) is 3.15. The van der Waals surface area contributed by atoms with Crippen molar-refractivity contribution in [1.29, 1.82) is 0 Å². The van der Waals surface area contributed by atoms with Crippen LogP contribution in [0.5, 0.6) is 0 Å². The average molecular weight is 500 g/mol. The number of hydrogen-bond donors (Lipinski definition) is 0. The summed E-state index contributed by atoms with van der Waals surface area (Å²) < 4.78 is 5.09. The molecule has 3 aromatic rings. The van der Waals surface area contributed by atoms with E-state index in [0.29, 0.717) is 0 Å². The van der Waals surface area contributed by atoms with E-state index in [2.05, 4.69) is 0 Å². The molecule has 3 aliphatic carbocycles. The summed E-state index contributed by atoms with van der Waals surface area (Å²) in [6.45, 7) is 3.34.